The molecule has 0 aliphatic carbocycles. The van der Waals surface area contributed by atoms with Gasteiger partial charge in [-0.1, -0.05) is 6.92 Å². The van der Waals surface area contributed by atoms with Gasteiger partial charge >= 0.3 is 23.1 Å². The van der Waals surface area contributed by atoms with E-state index in [0.29, 0.717) is 0 Å². The van der Waals surface area contributed by atoms with Gasteiger partial charge in [0.2, 0.25) is 0 Å². The fourth-order valence-electron chi connectivity index (χ4n) is 0. The standard InChI is InChI=1S/C5H11.Mg.H2O/c1-4-5(2)3;;/h4H2,1-3H3;;1H2/q-1;+2;. The Labute approximate surface area is 61.9 Å². The molecule has 7 heavy (non-hydrogen) atoms. The van der Waals surface area contributed by atoms with Crippen molar-refractivity contribution in [3.8, 4) is 0 Å². The summed E-state index contributed by atoms with van der Waals surface area (Å²) >= 11 is 0. The summed E-state index contributed by atoms with van der Waals surface area (Å²) in [6.07, 6.45) is 1.22. The Kier molecular flexibility index (Phi) is 22.1. The van der Waals surface area contributed by atoms with Crippen molar-refractivity contribution in [2.24, 2.45) is 0 Å². The molecule has 0 unspecified atom stereocenters. The smallest absolute Gasteiger partial charge is 0.412 e. The van der Waals surface area contributed by atoms with Crippen molar-refractivity contribution >= 4 is 23.1 Å². The molecule has 0 rings (SSSR count). The molecular formula is C5H13MgO+. The summed E-state index contributed by atoms with van der Waals surface area (Å²) in [6.45, 7) is 6.44. The van der Waals surface area contributed by atoms with Crippen LogP contribution in [0, 0.1) is 5.92 Å². The molecule has 0 radical (unpaired) electrons. The second-order valence-corrected chi connectivity index (χ2v) is 1.56. The topological polar surface area (TPSA) is 31.5 Å². The van der Waals surface area contributed by atoms with E-state index in [-0.39, 0.29) is 28.5 Å². The summed E-state index contributed by atoms with van der Waals surface area (Å²) in [6, 6.07) is 0. The molecule has 2 heteroatoms. The molecule has 0 aliphatic heterocycles. The van der Waals surface area contributed by atoms with Crippen LogP contribution in [-0.4, -0.2) is 28.5 Å². The van der Waals surface area contributed by atoms with Crippen LogP contribution >= 0.6 is 0 Å². The molecule has 0 aliphatic rings. The van der Waals surface area contributed by atoms with Gasteiger partial charge in [-0.15, -0.1) is 0 Å². The van der Waals surface area contributed by atoms with Crippen LogP contribution in [0.4, 0.5) is 0 Å². The number of hydrogen-bond acceptors (Lipinski definition) is 0. The summed E-state index contributed by atoms with van der Waals surface area (Å²) in [7, 11) is 0. The molecule has 0 amide bonds. The minimum atomic E-state index is 0. The Balaban J connectivity index is -0.0000000800. The molecule has 0 aromatic heterocycles. The summed E-state index contributed by atoms with van der Waals surface area (Å²) < 4.78 is 0. The first-order chi connectivity index (χ1) is 2.27. The normalized spacial score (nSPS) is 6.86. The van der Waals surface area contributed by atoms with Crippen molar-refractivity contribution in [3.63, 3.8) is 0 Å². The van der Waals surface area contributed by atoms with Gasteiger partial charge in [-0.25, -0.2) is 0 Å². The third kappa shape index (κ3) is 20.2. The van der Waals surface area contributed by atoms with E-state index in [2.05, 4.69) is 20.8 Å². The molecule has 40 valence electrons. The zero-order chi connectivity index (χ0) is 4.28. The molecule has 0 aromatic carbocycles. The van der Waals surface area contributed by atoms with E-state index in [0.717, 1.165) is 0 Å². The van der Waals surface area contributed by atoms with Crippen molar-refractivity contribution in [3.05, 3.63) is 5.92 Å². The predicted molar refractivity (Wildman–Crippen MR) is 34.2 cm³/mol. The van der Waals surface area contributed by atoms with E-state index in [9.17, 15) is 0 Å². The Morgan fingerprint density at radius 1 is 1.29 bits per heavy atom. The Bertz CT molecular complexity index is 22.0. The van der Waals surface area contributed by atoms with Gasteiger partial charge in [-0.2, -0.15) is 20.3 Å². The van der Waals surface area contributed by atoms with Crippen molar-refractivity contribution in [1.29, 1.82) is 0 Å². The Morgan fingerprint density at radius 2 is 1.43 bits per heavy atom. The van der Waals surface area contributed by atoms with Crippen LogP contribution in [0.15, 0.2) is 0 Å². The predicted octanol–water partition coefficient (Wildman–Crippen LogP) is 0.805. The zero-order valence-corrected chi connectivity index (χ0v) is 6.83. The summed E-state index contributed by atoms with van der Waals surface area (Å²) in [4.78, 5) is 0. The molecule has 1 nitrogen and oxygen atoms in total. The van der Waals surface area contributed by atoms with Gasteiger partial charge in [0, 0.05) is 0 Å². The quantitative estimate of drug-likeness (QED) is 0.356. The molecular weight excluding hydrogens is 100 g/mol. The van der Waals surface area contributed by atoms with E-state index in [1.54, 1.807) is 0 Å². The summed E-state index contributed by atoms with van der Waals surface area (Å²) in [5.41, 5.74) is 0. The molecule has 0 saturated heterocycles. The van der Waals surface area contributed by atoms with Gasteiger partial charge in [0.05, 0.1) is 0 Å². The van der Waals surface area contributed by atoms with E-state index in [1.807, 2.05) is 0 Å². The summed E-state index contributed by atoms with van der Waals surface area (Å²) in [5.74, 6) is 1.50. The zero-order valence-electron chi connectivity index (χ0n) is 5.41. The largest absolute Gasteiger partial charge is 2.00 e. The fraction of sp³-hybridized carbons (Fsp3) is 0.800. The molecule has 0 spiro atoms. The van der Waals surface area contributed by atoms with Crippen LogP contribution < -0.4 is 0 Å². The van der Waals surface area contributed by atoms with Gasteiger partial charge < -0.3 is 11.4 Å². The van der Waals surface area contributed by atoms with Crippen molar-refractivity contribution < 1.29 is 5.48 Å². The van der Waals surface area contributed by atoms with E-state index >= 15 is 0 Å². The maximum atomic E-state index is 2.16. The maximum Gasteiger partial charge on any atom is 2.00 e. The van der Waals surface area contributed by atoms with E-state index in [1.165, 1.54) is 12.3 Å². The minimum Gasteiger partial charge on any atom is -0.412 e. The average molecular weight is 113 g/mol. The maximum absolute atomic E-state index is 2.16. The van der Waals surface area contributed by atoms with Crippen molar-refractivity contribution in [1.82, 2.24) is 0 Å². The molecule has 0 atom stereocenters. The van der Waals surface area contributed by atoms with Crippen molar-refractivity contribution in [2.45, 2.75) is 27.2 Å². The average Bonchev–Trinajstić information content (AvgIpc) is 1.38. The van der Waals surface area contributed by atoms with Crippen LogP contribution in [0.2, 0.25) is 0 Å². The molecule has 2 N–H and O–H groups in total. The van der Waals surface area contributed by atoms with Gasteiger partial charge in [0.25, 0.3) is 0 Å². The first kappa shape index (κ1) is 15.6. The van der Waals surface area contributed by atoms with Gasteiger partial charge in [-0.3, -0.25) is 0 Å². The fourth-order valence-corrected chi connectivity index (χ4v) is 0. The SMILES string of the molecule is CC[C-](C)C.O.[Mg+2]. The molecule has 0 aromatic rings. The van der Waals surface area contributed by atoms with Crippen molar-refractivity contribution in [2.75, 3.05) is 0 Å². The second kappa shape index (κ2) is 9.87. The van der Waals surface area contributed by atoms with Gasteiger partial charge in [0.1, 0.15) is 0 Å². The summed E-state index contributed by atoms with van der Waals surface area (Å²) in [5, 5.41) is 0. The first-order valence-electron chi connectivity index (χ1n) is 2.06. The second-order valence-electron chi connectivity index (χ2n) is 1.56. The van der Waals surface area contributed by atoms with Gasteiger partial charge in [0.15, 0.2) is 0 Å². The third-order valence-electron chi connectivity index (χ3n) is 0.707. The minimum absolute atomic E-state index is 0. The van der Waals surface area contributed by atoms with Crippen LogP contribution in [0.1, 0.15) is 27.2 Å². The van der Waals surface area contributed by atoms with Crippen LogP contribution in [0.5, 0.6) is 0 Å². The van der Waals surface area contributed by atoms with Crippen LogP contribution in [0.25, 0.3) is 0 Å². The molecule has 0 fully saturated rings. The molecule has 0 bridgehead atoms. The Hall–Kier alpha value is 0.726. The number of hydrogen-bond donors (Lipinski definition) is 0. The first-order valence-corrected chi connectivity index (χ1v) is 2.06. The third-order valence-corrected chi connectivity index (χ3v) is 0.707. The van der Waals surface area contributed by atoms with Crippen LogP contribution in [0.3, 0.4) is 0 Å². The number of rotatable bonds is 1. The molecule has 0 saturated carbocycles. The monoisotopic (exact) mass is 113 g/mol. The molecule has 0 heterocycles. The van der Waals surface area contributed by atoms with Gasteiger partial charge in [-0.05, 0) is 0 Å². The van der Waals surface area contributed by atoms with E-state index < -0.39 is 0 Å². The Morgan fingerprint density at radius 3 is 1.43 bits per heavy atom. The van der Waals surface area contributed by atoms with E-state index in [4.69, 9.17) is 0 Å². The van der Waals surface area contributed by atoms with Crippen LogP contribution in [-0.2, 0) is 0 Å².